The lowest BCUT2D eigenvalue weighted by Crippen LogP contribution is -2.29. The van der Waals surface area contributed by atoms with Gasteiger partial charge in [-0.25, -0.2) is 0 Å². The van der Waals surface area contributed by atoms with E-state index in [-0.39, 0.29) is 23.5 Å². The summed E-state index contributed by atoms with van der Waals surface area (Å²) in [6.07, 6.45) is 3.30. The Hall–Kier alpha value is -2.37. The molecule has 2 aromatic rings. The number of hydrogen-bond acceptors (Lipinski definition) is 3. The van der Waals surface area contributed by atoms with Crippen LogP contribution < -0.4 is 5.32 Å². The molecule has 0 saturated heterocycles. The van der Waals surface area contributed by atoms with Crippen LogP contribution in [0.15, 0.2) is 12.3 Å². The van der Waals surface area contributed by atoms with Crippen molar-refractivity contribution in [3.63, 3.8) is 0 Å². The second-order valence-electron chi connectivity index (χ2n) is 8.87. The fourth-order valence-corrected chi connectivity index (χ4v) is 4.04. The molecule has 0 bridgehead atoms. The van der Waals surface area contributed by atoms with Gasteiger partial charge in [0.05, 0.1) is 18.7 Å². The summed E-state index contributed by atoms with van der Waals surface area (Å²) in [7, 11) is 0. The fraction of sp³-hybridized carbons (Fsp3) is 0.571. The monoisotopic (exact) mass is 370 g/mol. The molecule has 2 heterocycles. The smallest absolute Gasteiger partial charge is 0.224 e. The fourth-order valence-electron chi connectivity index (χ4n) is 4.04. The maximum atomic E-state index is 12.9. The molecule has 1 amide bonds. The zero-order chi connectivity index (χ0) is 19.8. The first-order valence-corrected chi connectivity index (χ1v) is 9.67. The number of carbonyl (C=O) groups excluding carboxylic acids is 2. The SMILES string of the molecule is Cc1c(CC(=O)NCc2ccn[nH]2)c2c(n1CC(C)C)CC(C)(C)CC2=O. The molecule has 0 aliphatic heterocycles. The molecule has 6 nitrogen and oxygen atoms in total. The Labute approximate surface area is 160 Å². The van der Waals surface area contributed by atoms with Gasteiger partial charge in [0.1, 0.15) is 0 Å². The number of hydrogen-bond donors (Lipinski definition) is 2. The highest BCUT2D eigenvalue weighted by atomic mass is 16.1. The first kappa shape index (κ1) is 19.4. The molecule has 27 heavy (non-hydrogen) atoms. The van der Waals surface area contributed by atoms with E-state index in [1.54, 1.807) is 6.20 Å². The largest absolute Gasteiger partial charge is 0.350 e. The molecule has 6 heteroatoms. The molecule has 1 aliphatic rings. The third-order valence-electron chi connectivity index (χ3n) is 5.24. The van der Waals surface area contributed by atoms with Gasteiger partial charge in [0.15, 0.2) is 5.78 Å². The van der Waals surface area contributed by atoms with Crippen LogP contribution in [0.3, 0.4) is 0 Å². The summed E-state index contributed by atoms with van der Waals surface area (Å²) in [5, 5.41) is 9.64. The number of carbonyl (C=O) groups is 2. The van der Waals surface area contributed by atoms with Crippen molar-refractivity contribution in [2.45, 2.75) is 67.0 Å². The van der Waals surface area contributed by atoms with Gasteiger partial charge in [0.25, 0.3) is 0 Å². The van der Waals surface area contributed by atoms with Crippen LogP contribution in [0.25, 0.3) is 0 Å². The number of nitrogens with zero attached hydrogens (tertiary/aromatic N) is 2. The standard InChI is InChI=1S/C21H30N4O2/c1-13(2)12-25-14(3)16(8-19(27)22-11-15-6-7-23-24-15)20-17(25)9-21(4,5)10-18(20)26/h6-7,13H,8-12H2,1-5H3,(H,22,27)(H,23,24). The highest BCUT2D eigenvalue weighted by Crippen LogP contribution is 2.39. The Morgan fingerprint density at radius 1 is 1.37 bits per heavy atom. The van der Waals surface area contributed by atoms with Gasteiger partial charge < -0.3 is 9.88 Å². The van der Waals surface area contributed by atoms with Gasteiger partial charge in [0.2, 0.25) is 5.91 Å². The molecule has 0 atom stereocenters. The van der Waals surface area contributed by atoms with Crippen molar-refractivity contribution < 1.29 is 9.59 Å². The summed E-state index contributed by atoms with van der Waals surface area (Å²) in [6.45, 7) is 12.0. The molecule has 146 valence electrons. The Kier molecular flexibility index (Phi) is 5.27. The van der Waals surface area contributed by atoms with Gasteiger partial charge in [-0.1, -0.05) is 27.7 Å². The number of H-pyrrole nitrogens is 1. The molecule has 1 aliphatic carbocycles. The zero-order valence-corrected chi connectivity index (χ0v) is 17.0. The van der Waals surface area contributed by atoms with Crippen molar-refractivity contribution in [2.24, 2.45) is 11.3 Å². The average molecular weight is 370 g/mol. The molecule has 2 aromatic heterocycles. The third-order valence-corrected chi connectivity index (χ3v) is 5.24. The lowest BCUT2D eigenvalue weighted by molar-refractivity contribution is -0.120. The van der Waals surface area contributed by atoms with Gasteiger partial charge in [-0.3, -0.25) is 14.7 Å². The van der Waals surface area contributed by atoms with E-state index in [1.165, 1.54) is 0 Å². The topological polar surface area (TPSA) is 79.8 Å². The van der Waals surface area contributed by atoms with Crippen molar-refractivity contribution in [2.75, 3.05) is 0 Å². The molecule has 0 spiro atoms. The lowest BCUT2D eigenvalue weighted by Gasteiger charge is -2.30. The Bertz CT molecular complexity index is 844. The van der Waals surface area contributed by atoms with Crippen molar-refractivity contribution in [1.82, 2.24) is 20.1 Å². The third kappa shape index (κ3) is 4.15. The van der Waals surface area contributed by atoms with E-state index >= 15 is 0 Å². The average Bonchev–Trinajstić information content (AvgIpc) is 3.14. The van der Waals surface area contributed by atoms with Crippen molar-refractivity contribution in [3.8, 4) is 0 Å². The first-order valence-electron chi connectivity index (χ1n) is 9.67. The molecule has 0 saturated carbocycles. The quantitative estimate of drug-likeness (QED) is 0.819. The second kappa shape index (κ2) is 7.33. The zero-order valence-electron chi connectivity index (χ0n) is 17.0. The van der Waals surface area contributed by atoms with Crippen LogP contribution in [0.5, 0.6) is 0 Å². The van der Waals surface area contributed by atoms with Crippen LogP contribution in [0.1, 0.15) is 67.1 Å². The maximum Gasteiger partial charge on any atom is 0.224 e. The molecule has 2 N–H and O–H groups in total. The summed E-state index contributed by atoms with van der Waals surface area (Å²) >= 11 is 0. The van der Waals surface area contributed by atoms with Gasteiger partial charge in [-0.15, -0.1) is 0 Å². The summed E-state index contributed by atoms with van der Waals surface area (Å²) < 4.78 is 2.27. The Morgan fingerprint density at radius 3 is 2.74 bits per heavy atom. The van der Waals surface area contributed by atoms with Gasteiger partial charge in [0, 0.05) is 36.1 Å². The predicted molar refractivity (Wildman–Crippen MR) is 105 cm³/mol. The summed E-state index contributed by atoms with van der Waals surface area (Å²) in [6, 6.07) is 1.83. The normalized spacial score (nSPS) is 15.9. The second-order valence-corrected chi connectivity index (χ2v) is 8.87. The molecule has 0 aromatic carbocycles. The molecule has 3 rings (SSSR count). The minimum atomic E-state index is -0.0742. The van der Waals surface area contributed by atoms with E-state index in [0.29, 0.717) is 18.9 Å². The number of Topliss-reactive ketones (excluding diaryl/α,β-unsaturated/α-hetero) is 1. The molecular weight excluding hydrogens is 340 g/mol. The van der Waals surface area contributed by atoms with Crippen LogP contribution in [0.2, 0.25) is 0 Å². The van der Waals surface area contributed by atoms with Crippen LogP contribution in [-0.2, 0) is 30.7 Å². The molecule has 0 unspecified atom stereocenters. The van der Waals surface area contributed by atoms with E-state index in [4.69, 9.17) is 0 Å². The summed E-state index contributed by atoms with van der Waals surface area (Å²) in [5.41, 5.74) is 4.68. The first-order chi connectivity index (χ1) is 12.7. The lowest BCUT2D eigenvalue weighted by atomic mass is 9.75. The minimum absolute atomic E-state index is 0.0379. The molecular formula is C21H30N4O2. The van der Waals surface area contributed by atoms with E-state index < -0.39 is 0 Å². The highest BCUT2D eigenvalue weighted by Gasteiger charge is 2.37. The highest BCUT2D eigenvalue weighted by molar-refractivity contribution is 6.01. The van der Waals surface area contributed by atoms with Crippen molar-refractivity contribution in [3.05, 3.63) is 40.5 Å². The van der Waals surface area contributed by atoms with Crippen molar-refractivity contribution >= 4 is 11.7 Å². The van der Waals surface area contributed by atoms with E-state index in [0.717, 1.165) is 41.2 Å². The van der Waals surface area contributed by atoms with E-state index in [2.05, 4.69) is 47.8 Å². The number of aromatic nitrogens is 3. The number of aromatic amines is 1. The van der Waals surface area contributed by atoms with Crippen LogP contribution >= 0.6 is 0 Å². The van der Waals surface area contributed by atoms with E-state index in [9.17, 15) is 9.59 Å². The maximum absolute atomic E-state index is 12.9. The summed E-state index contributed by atoms with van der Waals surface area (Å²) in [5.74, 6) is 0.570. The molecule has 0 radical (unpaired) electrons. The predicted octanol–water partition coefficient (Wildman–Crippen LogP) is 3.19. The number of rotatable bonds is 6. The number of nitrogens with one attached hydrogen (secondary N) is 2. The van der Waals surface area contributed by atoms with Gasteiger partial charge >= 0.3 is 0 Å². The number of amides is 1. The van der Waals surface area contributed by atoms with Crippen LogP contribution in [0, 0.1) is 18.3 Å². The number of fused-ring (bicyclic) bond motifs is 1. The Morgan fingerprint density at radius 2 is 2.11 bits per heavy atom. The van der Waals surface area contributed by atoms with Crippen LogP contribution in [-0.4, -0.2) is 26.5 Å². The molecule has 0 fully saturated rings. The minimum Gasteiger partial charge on any atom is -0.350 e. The van der Waals surface area contributed by atoms with Gasteiger partial charge in [-0.2, -0.15) is 5.10 Å². The van der Waals surface area contributed by atoms with E-state index in [1.807, 2.05) is 13.0 Å². The van der Waals surface area contributed by atoms with Crippen LogP contribution in [0.4, 0.5) is 0 Å². The van der Waals surface area contributed by atoms with Gasteiger partial charge in [-0.05, 0) is 36.3 Å². The number of ketones is 1. The van der Waals surface area contributed by atoms with Crippen molar-refractivity contribution in [1.29, 1.82) is 0 Å². The summed E-state index contributed by atoms with van der Waals surface area (Å²) in [4.78, 5) is 25.5. The Balaban J connectivity index is 1.89.